The van der Waals surface area contributed by atoms with E-state index in [1.54, 1.807) is 0 Å². The predicted molar refractivity (Wildman–Crippen MR) is 109 cm³/mol. The van der Waals surface area contributed by atoms with Gasteiger partial charge in [-0.2, -0.15) is 0 Å². The van der Waals surface area contributed by atoms with Gasteiger partial charge in [-0.3, -0.25) is 0 Å². The Morgan fingerprint density at radius 3 is 1.14 bits per heavy atom. The maximum Gasteiger partial charge on any atom is 2.00 e. The summed E-state index contributed by atoms with van der Waals surface area (Å²) >= 11 is 0. The van der Waals surface area contributed by atoms with Gasteiger partial charge in [-0.15, -0.1) is 26.3 Å². The van der Waals surface area contributed by atoms with E-state index in [1.807, 2.05) is 12.2 Å². The van der Waals surface area contributed by atoms with Crippen molar-refractivity contribution in [3.8, 4) is 0 Å². The van der Waals surface area contributed by atoms with Crippen LogP contribution in [-0.4, -0.2) is 23.1 Å². The molecule has 0 amide bonds. The van der Waals surface area contributed by atoms with Crippen molar-refractivity contribution < 1.29 is 0 Å². The molecule has 0 aliphatic rings. The Morgan fingerprint density at radius 2 is 0.955 bits per heavy atom. The second kappa shape index (κ2) is 20.8. The average molecular weight is 335 g/mol. The molecule has 0 N–H and O–H groups in total. The Bertz CT molecular complexity index is 316. The summed E-state index contributed by atoms with van der Waals surface area (Å²) in [6.07, 6.45) is 13.0. The minimum Gasteiger partial charge on any atom is -0.245 e. The fraction of sp³-hybridized carbons (Fsp3) is 0.500. The Morgan fingerprint density at radius 1 is 0.682 bits per heavy atom. The molecule has 0 aromatic carbocycles. The van der Waals surface area contributed by atoms with Crippen molar-refractivity contribution in [2.75, 3.05) is 0 Å². The third kappa shape index (κ3) is 28.0. The van der Waals surface area contributed by atoms with Crippen molar-refractivity contribution in [2.24, 2.45) is 0 Å². The summed E-state index contributed by atoms with van der Waals surface area (Å²) in [6.45, 7) is 20.1. The van der Waals surface area contributed by atoms with Gasteiger partial charge in [-0.1, -0.05) is 36.1 Å². The van der Waals surface area contributed by atoms with Crippen LogP contribution in [0.4, 0.5) is 0 Å². The molecule has 22 heavy (non-hydrogen) atoms. The predicted octanol–water partition coefficient (Wildman–Crippen LogP) is 7.07. The first-order chi connectivity index (χ1) is 9.33. The van der Waals surface area contributed by atoms with Gasteiger partial charge in [0, 0.05) is 0 Å². The third-order valence-electron chi connectivity index (χ3n) is 2.88. The van der Waals surface area contributed by atoms with Gasteiger partial charge >= 0.3 is 23.1 Å². The quantitative estimate of drug-likeness (QED) is 0.277. The minimum atomic E-state index is 0. The van der Waals surface area contributed by atoms with Crippen molar-refractivity contribution >= 4 is 35.5 Å². The zero-order valence-electron chi connectivity index (χ0n) is 15.7. The van der Waals surface area contributed by atoms with E-state index in [1.165, 1.54) is 22.3 Å². The van der Waals surface area contributed by atoms with Gasteiger partial charge in [-0.05, 0) is 40.5 Å². The number of halogens is 1. The van der Waals surface area contributed by atoms with Crippen LogP contribution in [0.25, 0.3) is 0 Å². The smallest absolute Gasteiger partial charge is 0.245 e. The molecule has 0 bridgehead atoms. The number of rotatable bonds is 6. The van der Waals surface area contributed by atoms with Crippen molar-refractivity contribution in [1.29, 1.82) is 0 Å². The number of hydrogen-bond donors (Lipinski definition) is 0. The molecule has 0 atom stereocenters. The molecule has 0 aliphatic carbocycles. The summed E-state index contributed by atoms with van der Waals surface area (Å²) in [4.78, 5) is 0. The van der Waals surface area contributed by atoms with E-state index in [-0.39, 0.29) is 35.5 Å². The van der Waals surface area contributed by atoms with Crippen LogP contribution in [0.1, 0.15) is 67.2 Å². The fourth-order valence-corrected chi connectivity index (χ4v) is 1.38. The van der Waals surface area contributed by atoms with E-state index in [4.69, 9.17) is 0 Å². The summed E-state index contributed by atoms with van der Waals surface area (Å²) in [5.74, 6) is 0. The number of hydrogen-bond acceptors (Lipinski definition) is 0. The zero-order valence-corrected chi connectivity index (χ0v) is 17.9. The van der Waals surface area contributed by atoms with Gasteiger partial charge in [0.1, 0.15) is 0 Å². The van der Waals surface area contributed by atoms with E-state index >= 15 is 0 Å². The molecule has 0 aliphatic heterocycles. The standard InChI is InChI=1S/2C10H17.ClH.Mg/c2*1-5-10(4)8-6-7-9(2)3;;/h2*5,7H,1,6,8H2,2-4H3;1H;/q2*-1;;+2. The first-order valence-corrected chi connectivity index (χ1v) is 7.49. The van der Waals surface area contributed by atoms with Crippen LogP contribution >= 0.6 is 12.4 Å². The van der Waals surface area contributed by atoms with Gasteiger partial charge < -0.3 is 0 Å². The van der Waals surface area contributed by atoms with Crippen LogP contribution in [0.5, 0.6) is 0 Å². The molecule has 0 fully saturated rings. The summed E-state index contributed by atoms with van der Waals surface area (Å²) < 4.78 is 0. The van der Waals surface area contributed by atoms with E-state index in [0.717, 1.165) is 25.7 Å². The van der Waals surface area contributed by atoms with Gasteiger partial charge in [0.25, 0.3) is 0 Å². The fourth-order valence-electron chi connectivity index (χ4n) is 1.38. The van der Waals surface area contributed by atoms with Crippen molar-refractivity contribution in [2.45, 2.75) is 67.2 Å². The molecule has 0 saturated heterocycles. The van der Waals surface area contributed by atoms with Gasteiger partial charge in [0.2, 0.25) is 0 Å². The van der Waals surface area contributed by atoms with Gasteiger partial charge in [0.15, 0.2) is 0 Å². The molecular formula is C20H35ClMg. The summed E-state index contributed by atoms with van der Waals surface area (Å²) in [5.41, 5.74) is 5.55. The Kier molecular flexibility index (Phi) is 28.0. The Hall–Kier alpha value is -0.244. The van der Waals surface area contributed by atoms with E-state index in [2.05, 4.69) is 67.5 Å². The van der Waals surface area contributed by atoms with Crippen molar-refractivity contribution in [1.82, 2.24) is 0 Å². The van der Waals surface area contributed by atoms with E-state index in [0.29, 0.717) is 0 Å². The van der Waals surface area contributed by atoms with Gasteiger partial charge in [0.05, 0.1) is 0 Å². The molecule has 0 unspecified atom stereocenters. The zero-order chi connectivity index (χ0) is 16.0. The monoisotopic (exact) mass is 334 g/mol. The normalized spacial score (nSPS) is 10.3. The van der Waals surface area contributed by atoms with Crippen LogP contribution in [0, 0.1) is 13.8 Å². The van der Waals surface area contributed by atoms with E-state index in [9.17, 15) is 0 Å². The van der Waals surface area contributed by atoms with Crippen LogP contribution < -0.4 is 0 Å². The SMILES string of the molecule is Cl.[CH2-]C=C(C)CCC=C(C)C.[CH2-]C=C(C)CCC=C(C)C.[Mg+2]. The molecule has 124 valence electrons. The van der Waals surface area contributed by atoms with Crippen LogP contribution in [-0.2, 0) is 0 Å². The Labute approximate surface area is 162 Å². The van der Waals surface area contributed by atoms with E-state index < -0.39 is 0 Å². The third-order valence-corrected chi connectivity index (χ3v) is 2.88. The van der Waals surface area contributed by atoms with Crippen LogP contribution in [0.2, 0.25) is 0 Å². The molecular weight excluding hydrogens is 300 g/mol. The molecule has 0 heterocycles. The maximum absolute atomic E-state index is 3.70. The van der Waals surface area contributed by atoms with Gasteiger partial charge in [-0.25, -0.2) is 37.1 Å². The van der Waals surface area contributed by atoms with Crippen molar-refractivity contribution in [3.05, 3.63) is 60.4 Å². The molecule has 0 nitrogen and oxygen atoms in total. The molecule has 0 saturated carbocycles. The minimum absolute atomic E-state index is 0. The average Bonchev–Trinajstić information content (AvgIpc) is 2.38. The second-order valence-corrected chi connectivity index (χ2v) is 5.74. The first kappa shape index (κ1) is 29.7. The summed E-state index contributed by atoms with van der Waals surface area (Å²) in [7, 11) is 0. The largest absolute Gasteiger partial charge is 2.00 e. The molecule has 2 heteroatoms. The van der Waals surface area contributed by atoms with Crippen LogP contribution in [0.3, 0.4) is 0 Å². The molecule has 0 rings (SSSR count). The number of allylic oxidation sites excluding steroid dienone is 8. The Balaban J connectivity index is -0.000000135. The molecule has 0 aromatic heterocycles. The molecule has 0 aromatic rings. The van der Waals surface area contributed by atoms with Crippen LogP contribution in [0.15, 0.2) is 46.6 Å². The first-order valence-electron chi connectivity index (χ1n) is 7.49. The topological polar surface area (TPSA) is 0 Å². The second-order valence-electron chi connectivity index (χ2n) is 5.74. The summed E-state index contributed by atoms with van der Waals surface area (Å²) in [5, 5.41) is 0. The summed E-state index contributed by atoms with van der Waals surface area (Å²) in [6, 6.07) is 0. The molecule has 0 spiro atoms. The maximum atomic E-state index is 3.70. The van der Waals surface area contributed by atoms with Crippen molar-refractivity contribution in [3.63, 3.8) is 0 Å². The molecule has 0 radical (unpaired) electrons.